The fourth-order valence-electron chi connectivity index (χ4n) is 1.15. The first kappa shape index (κ1) is 12.2. The molecule has 1 aromatic rings. The summed E-state index contributed by atoms with van der Waals surface area (Å²) in [6, 6.07) is 0.992. The van der Waals surface area contributed by atoms with E-state index in [0.29, 0.717) is 0 Å². The summed E-state index contributed by atoms with van der Waals surface area (Å²) in [6.45, 7) is -0.192. The number of aliphatic hydroxyl groups is 1. The minimum Gasteiger partial charge on any atom is -0.491 e. The first-order chi connectivity index (χ1) is 7.02. The summed E-state index contributed by atoms with van der Waals surface area (Å²) in [6.07, 6.45) is -1.24. The molecule has 0 aliphatic rings. The third-order valence-electron chi connectivity index (χ3n) is 1.93. The molecule has 0 spiro atoms. The van der Waals surface area contributed by atoms with Gasteiger partial charge >= 0.3 is 0 Å². The van der Waals surface area contributed by atoms with E-state index in [4.69, 9.17) is 17.3 Å². The number of hydrogen-bond donors (Lipinski definition) is 2. The van der Waals surface area contributed by atoms with Crippen LogP contribution in [0.4, 0.5) is 8.78 Å². The molecule has 0 fully saturated rings. The average Bonchev–Trinajstić information content (AvgIpc) is 2.23. The van der Waals surface area contributed by atoms with Gasteiger partial charge in [0.1, 0.15) is 0 Å². The molecule has 0 saturated heterocycles. The monoisotopic (exact) mass is 237 g/mol. The van der Waals surface area contributed by atoms with Gasteiger partial charge in [-0.15, -0.1) is 0 Å². The molecule has 84 valence electrons. The Labute approximate surface area is 90.4 Å². The zero-order valence-electron chi connectivity index (χ0n) is 7.93. The number of halogens is 3. The van der Waals surface area contributed by atoms with Gasteiger partial charge in [-0.05, 0) is 6.07 Å². The van der Waals surface area contributed by atoms with E-state index < -0.39 is 23.5 Å². The van der Waals surface area contributed by atoms with Crippen LogP contribution >= 0.6 is 11.6 Å². The highest BCUT2D eigenvalue weighted by atomic mass is 35.5. The normalized spacial score (nSPS) is 12.7. The average molecular weight is 238 g/mol. The predicted molar refractivity (Wildman–Crippen MR) is 51.9 cm³/mol. The number of methoxy groups -OCH3 is 1. The van der Waals surface area contributed by atoms with Crippen molar-refractivity contribution in [2.45, 2.75) is 6.10 Å². The quantitative estimate of drug-likeness (QED) is 0.786. The van der Waals surface area contributed by atoms with Gasteiger partial charge in [-0.25, -0.2) is 8.78 Å². The summed E-state index contributed by atoms with van der Waals surface area (Å²) in [5.74, 6) is -2.60. The summed E-state index contributed by atoms with van der Waals surface area (Å²) < 4.78 is 31.2. The topological polar surface area (TPSA) is 55.5 Å². The largest absolute Gasteiger partial charge is 0.491 e. The van der Waals surface area contributed by atoms with Gasteiger partial charge < -0.3 is 15.6 Å². The third-order valence-corrected chi connectivity index (χ3v) is 2.21. The molecule has 0 saturated carbocycles. The lowest BCUT2D eigenvalue weighted by Crippen LogP contribution is -2.14. The van der Waals surface area contributed by atoms with E-state index in [1.165, 1.54) is 0 Å². The lowest BCUT2D eigenvalue weighted by Gasteiger charge is -2.13. The lowest BCUT2D eigenvalue weighted by molar-refractivity contribution is 0.180. The van der Waals surface area contributed by atoms with Gasteiger partial charge in [-0.3, -0.25) is 0 Å². The molecule has 0 heterocycles. The molecule has 1 unspecified atom stereocenters. The molecule has 1 rings (SSSR count). The van der Waals surface area contributed by atoms with Crippen LogP contribution in [-0.2, 0) is 0 Å². The Bertz CT molecular complexity index is 374. The highest BCUT2D eigenvalue weighted by molar-refractivity contribution is 6.31. The van der Waals surface area contributed by atoms with Crippen LogP contribution in [0.25, 0.3) is 0 Å². The van der Waals surface area contributed by atoms with Crippen LogP contribution in [0.15, 0.2) is 6.07 Å². The van der Waals surface area contributed by atoms with Crippen LogP contribution in [0.3, 0.4) is 0 Å². The minimum absolute atomic E-state index is 0.180. The van der Waals surface area contributed by atoms with E-state index in [0.717, 1.165) is 13.2 Å². The van der Waals surface area contributed by atoms with Crippen molar-refractivity contribution in [1.29, 1.82) is 0 Å². The highest BCUT2D eigenvalue weighted by Gasteiger charge is 2.21. The molecular formula is C9H10ClF2NO2. The predicted octanol–water partition coefficient (Wildman–Crippen LogP) is 1.62. The van der Waals surface area contributed by atoms with Crippen LogP contribution < -0.4 is 10.5 Å². The maximum Gasteiger partial charge on any atom is 0.192 e. The van der Waals surface area contributed by atoms with Crippen molar-refractivity contribution >= 4 is 11.6 Å². The second kappa shape index (κ2) is 4.74. The molecule has 15 heavy (non-hydrogen) atoms. The summed E-state index contributed by atoms with van der Waals surface area (Å²) in [5.41, 5.74) is 4.98. The smallest absolute Gasteiger partial charge is 0.192 e. The van der Waals surface area contributed by atoms with Gasteiger partial charge in [-0.1, -0.05) is 11.6 Å². The first-order valence-corrected chi connectivity index (χ1v) is 4.50. The standard InChI is InChI=1S/C9H10ClF2NO2/c1-15-9-7(11)4(6(14)3-13)2-5(10)8(9)12/h2,6,14H,3,13H2,1H3. The second-order valence-corrected chi connectivity index (χ2v) is 3.27. The minimum atomic E-state index is -1.24. The zero-order valence-corrected chi connectivity index (χ0v) is 8.68. The maximum absolute atomic E-state index is 13.5. The van der Waals surface area contributed by atoms with Gasteiger partial charge in [0.05, 0.1) is 18.2 Å². The summed E-state index contributed by atoms with van der Waals surface area (Å²) in [7, 11) is 1.11. The lowest BCUT2D eigenvalue weighted by atomic mass is 10.1. The molecule has 1 atom stereocenters. The number of aliphatic hydroxyl groups excluding tert-OH is 1. The van der Waals surface area contributed by atoms with Crippen LogP contribution in [0, 0.1) is 11.6 Å². The Morgan fingerprint density at radius 2 is 2.13 bits per heavy atom. The molecule has 3 nitrogen and oxygen atoms in total. The van der Waals surface area contributed by atoms with Gasteiger partial charge in [0, 0.05) is 12.1 Å². The van der Waals surface area contributed by atoms with E-state index in [-0.39, 0.29) is 17.1 Å². The number of nitrogens with two attached hydrogens (primary N) is 1. The van der Waals surface area contributed by atoms with Gasteiger partial charge in [0.15, 0.2) is 17.4 Å². The van der Waals surface area contributed by atoms with E-state index in [1.807, 2.05) is 0 Å². The van der Waals surface area contributed by atoms with Crippen molar-refractivity contribution in [3.05, 3.63) is 28.3 Å². The van der Waals surface area contributed by atoms with Crippen molar-refractivity contribution in [1.82, 2.24) is 0 Å². The number of hydrogen-bond acceptors (Lipinski definition) is 3. The maximum atomic E-state index is 13.5. The molecule has 0 amide bonds. The van der Waals surface area contributed by atoms with E-state index in [1.54, 1.807) is 0 Å². The molecule has 0 bridgehead atoms. The number of rotatable bonds is 3. The van der Waals surface area contributed by atoms with E-state index in [2.05, 4.69) is 4.74 Å². The number of benzene rings is 1. The molecule has 1 aromatic carbocycles. The summed E-state index contributed by atoms with van der Waals surface area (Å²) >= 11 is 5.50. The van der Waals surface area contributed by atoms with Crippen molar-refractivity contribution in [2.24, 2.45) is 5.73 Å². The van der Waals surface area contributed by atoms with Gasteiger partial charge in [0.2, 0.25) is 0 Å². The molecule has 0 aliphatic carbocycles. The number of ether oxygens (including phenoxy) is 1. The van der Waals surface area contributed by atoms with Crippen LogP contribution in [0.1, 0.15) is 11.7 Å². The highest BCUT2D eigenvalue weighted by Crippen LogP contribution is 2.33. The fourth-order valence-corrected chi connectivity index (χ4v) is 1.35. The molecule has 6 heteroatoms. The van der Waals surface area contributed by atoms with Crippen LogP contribution in [0.5, 0.6) is 5.75 Å². The Morgan fingerprint density at radius 1 is 1.53 bits per heavy atom. The third kappa shape index (κ3) is 2.19. The van der Waals surface area contributed by atoms with Crippen molar-refractivity contribution in [3.8, 4) is 5.75 Å². The Hall–Kier alpha value is -0.910. The van der Waals surface area contributed by atoms with Crippen LogP contribution in [-0.4, -0.2) is 18.8 Å². The zero-order chi connectivity index (χ0) is 11.6. The SMILES string of the molecule is COc1c(F)c(Cl)cc(C(O)CN)c1F. The van der Waals surface area contributed by atoms with Gasteiger partial charge in [-0.2, -0.15) is 0 Å². The Morgan fingerprint density at radius 3 is 2.60 bits per heavy atom. The first-order valence-electron chi connectivity index (χ1n) is 4.12. The van der Waals surface area contributed by atoms with E-state index in [9.17, 15) is 13.9 Å². The van der Waals surface area contributed by atoms with Crippen molar-refractivity contribution in [2.75, 3.05) is 13.7 Å². The molecular weight excluding hydrogens is 228 g/mol. The van der Waals surface area contributed by atoms with Crippen LogP contribution in [0.2, 0.25) is 5.02 Å². The summed E-state index contributed by atoms with van der Waals surface area (Å²) in [5, 5.41) is 9.02. The van der Waals surface area contributed by atoms with Crippen molar-refractivity contribution < 1.29 is 18.6 Å². The molecule has 0 aliphatic heterocycles. The fraction of sp³-hybridized carbons (Fsp3) is 0.333. The Balaban J connectivity index is 3.36. The molecule has 0 aromatic heterocycles. The van der Waals surface area contributed by atoms with E-state index >= 15 is 0 Å². The van der Waals surface area contributed by atoms with Gasteiger partial charge in [0.25, 0.3) is 0 Å². The van der Waals surface area contributed by atoms with Crippen molar-refractivity contribution in [3.63, 3.8) is 0 Å². The second-order valence-electron chi connectivity index (χ2n) is 2.86. The summed E-state index contributed by atoms with van der Waals surface area (Å²) in [4.78, 5) is 0. The molecule has 3 N–H and O–H groups in total. The Kier molecular flexibility index (Phi) is 3.84. The molecule has 0 radical (unpaired) electrons.